The first-order valence-electron chi connectivity index (χ1n) is 5.19. The lowest BCUT2D eigenvalue weighted by Gasteiger charge is -2.16. The molecule has 2 rings (SSSR count). The summed E-state index contributed by atoms with van der Waals surface area (Å²) in [6.45, 7) is 0. The lowest BCUT2D eigenvalue weighted by Crippen LogP contribution is -2.43. The predicted octanol–water partition coefficient (Wildman–Crippen LogP) is -3.50. The smallest absolute Gasteiger partial charge is 0.325 e. The highest BCUT2D eigenvalue weighted by molar-refractivity contribution is 5.13. The first-order chi connectivity index (χ1) is 8.41. The Balaban J connectivity index is 2.35. The first-order valence-corrected chi connectivity index (χ1v) is 5.19. The minimum absolute atomic E-state index is 0.0655. The number of aliphatic hydroxyl groups excluding tert-OH is 3. The fourth-order valence-electron chi connectivity index (χ4n) is 1.88. The second-order valence-corrected chi connectivity index (χ2v) is 4.02. The van der Waals surface area contributed by atoms with E-state index < -0.39 is 41.9 Å². The Morgan fingerprint density at radius 3 is 2.50 bits per heavy atom. The molecule has 9 nitrogen and oxygen atoms in total. The molecule has 7 N–H and O–H groups in total. The third-order valence-electron chi connectivity index (χ3n) is 2.79. The summed E-state index contributed by atoms with van der Waals surface area (Å²) in [6, 6.07) is 0. The van der Waals surface area contributed by atoms with Crippen LogP contribution in [0.4, 0.5) is 0 Å². The van der Waals surface area contributed by atoms with E-state index in [4.69, 9.17) is 15.6 Å². The topological polar surface area (TPSA) is 162 Å². The maximum Gasteiger partial charge on any atom is 0.325 e. The minimum atomic E-state index is -1.50. The maximum atomic E-state index is 11.5. The van der Waals surface area contributed by atoms with Crippen LogP contribution in [-0.2, 0) is 4.74 Å². The van der Waals surface area contributed by atoms with Crippen LogP contribution >= 0.6 is 0 Å². The quantitative estimate of drug-likeness (QED) is 0.300. The van der Waals surface area contributed by atoms with Crippen molar-refractivity contribution in [3.8, 4) is 0 Å². The van der Waals surface area contributed by atoms with Crippen LogP contribution in [0.3, 0.4) is 0 Å². The number of H-pyrrole nitrogens is 2. The van der Waals surface area contributed by atoms with Crippen LogP contribution in [0.5, 0.6) is 0 Å². The van der Waals surface area contributed by atoms with Gasteiger partial charge in [0, 0.05) is 6.20 Å². The molecule has 18 heavy (non-hydrogen) atoms. The molecule has 0 spiro atoms. The summed E-state index contributed by atoms with van der Waals surface area (Å²) in [5.74, 6) is 0. The van der Waals surface area contributed by atoms with E-state index in [0.29, 0.717) is 0 Å². The van der Waals surface area contributed by atoms with Crippen LogP contribution in [0.15, 0.2) is 15.8 Å². The number of nitrogens with one attached hydrogen (secondary N) is 2. The van der Waals surface area contributed by atoms with Crippen molar-refractivity contribution in [3.63, 3.8) is 0 Å². The number of hydrogen-bond acceptors (Lipinski definition) is 7. The van der Waals surface area contributed by atoms with Crippen LogP contribution in [0.2, 0.25) is 0 Å². The summed E-state index contributed by atoms with van der Waals surface area (Å²) >= 11 is 0. The second kappa shape index (κ2) is 4.63. The standard InChI is InChI=1S/C9H13N3O6/c10-7(15)6-4(14)3(13)5(18-6)2-1-11-9(17)12-8(2)16/h1,3-7,13-15H,10H2,(H2,11,12,16,17)/t3-,4+,5+,6+,7?/m1/s1. The monoisotopic (exact) mass is 259 g/mol. The number of rotatable bonds is 2. The number of hydrogen-bond donors (Lipinski definition) is 6. The third kappa shape index (κ3) is 2.09. The van der Waals surface area contributed by atoms with E-state index >= 15 is 0 Å². The molecule has 1 aliphatic heterocycles. The molecule has 1 unspecified atom stereocenters. The van der Waals surface area contributed by atoms with E-state index in [0.717, 1.165) is 6.20 Å². The van der Waals surface area contributed by atoms with Crippen molar-refractivity contribution in [1.82, 2.24) is 9.97 Å². The molecular weight excluding hydrogens is 246 g/mol. The highest BCUT2D eigenvalue weighted by Crippen LogP contribution is 2.32. The molecule has 0 aliphatic carbocycles. The van der Waals surface area contributed by atoms with E-state index in [1.165, 1.54) is 0 Å². The molecule has 1 fully saturated rings. The van der Waals surface area contributed by atoms with Gasteiger partial charge in [-0.05, 0) is 0 Å². The van der Waals surface area contributed by atoms with Gasteiger partial charge in [0.05, 0.1) is 5.56 Å². The number of aromatic amines is 2. The highest BCUT2D eigenvalue weighted by Gasteiger charge is 2.46. The van der Waals surface area contributed by atoms with E-state index in [1.54, 1.807) is 0 Å². The van der Waals surface area contributed by atoms with Crippen molar-refractivity contribution in [2.24, 2.45) is 5.73 Å². The summed E-state index contributed by atoms with van der Waals surface area (Å²) < 4.78 is 5.14. The Morgan fingerprint density at radius 2 is 2.00 bits per heavy atom. The Labute approximate surface area is 99.8 Å². The van der Waals surface area contributed by atoms with Gasteiger partial charge in [0.25, 0.3) is 5.56 Å². The summed E-state index contributed by atoms with van der Waals surface area (Å²) in [5, 5.41) is 28.5. The van der Waals surface area contributed by atoms with E-state index in [1.807, 2.05) is 4.98 Å². The van der Waals surface area contributed by atoms with Crippen LogP contribution in [0.1, 0.15) is 11.7 Å². The number of aliphatic hydroxyl groups is 3. The molecule has 9 heteroatoms. The van der Waals surface area contributed by atoms with Crippen molar-refractivity contribution >= 4 is 0 Å². The zero-order valence-corrected chi connectivity index (χ0v) is 9.11. The van der Waals surface area contributed by atoms with Crippen LogP contribution in [0.25, 0.3) is 0 Å². The SMILES string of the molecule is NC(O)[C@H]1O[C@@H](c2c[nH]c(=O)[nH]c2=O)[C@H](O)[C@@H]1O. The molecule has 0 saturated carbocycles. The fraction of sp³-hybridized carbons (Fsp3) is 0.556. The Hall–Kier alpha value is -1.52. The molecule has 0 aromatic carbocycles. The van der Waals surface area contributed by atoms with Gasteiger partial charge in [-0.15, -0.1) is 0 Å². The van der Waals surface area contributed by atoms with Gasteiger partial charge < -0.3 is 30.8 Å². The van der Waals surface area contributed by atoms with Gasteiger partial charge in [-0.3, -0.25) is 9.78 Å². The Morgan fingerprint density at radius 1 is 1.33 bits per heavy atom. The molecule has 1 saturated heterocycles. The summed E-state index contributed by atoms with van der Waals surface area (Å²) in [7, 11) is 0. The lowest BCUT2D eigenvalue weighted by atomic mass is 10.0. The molecular formula is C9H13N3O6. The molecule has 1 aromatic heterocycles. The largest absolute Gasteiger partial charge is 0.387 e. The Bertz CT molecular complexity index is 538. The van der Waals surface area contributed by atoms with Crippen LogP contribution in [-0.4, -0.2) is 49.8 Å². The molecule has 1 aliphatic rings. The van der Waals surface area contributed by atoms with Crippen molar-refractivity contribution < 1.29 is 20.1 Å². The summed E-state index contributed by atoms with van der Waals surface area (Å²) in [5.41, 5.74) is 3.65. The van der Waals surface area contributed by atoms with Crippen molar-refractivity contribution in [2.45, 2.75) is 30.6 Å². The van der Waals surface area contributed by atoms with Crippen molar-refractivity contribution in [3.05, 3.63) is 32.6 Å². The van der Waals surface area contributed by atoms with Gasteiger partial charge in [0.2, 0.25) is 0 Å². The molecule has 100 valence electrons. The molecule has 0 bridgehead atoms. The van der Waals surface area contributed by atoms with E-state index in [2.05, 4.69) is 4.98 Å². The molecule has 2 heterocycles. The maximum absolute atomic E-state index is 11.5. The van der Waals surface area contributed by atoms with Gasteiger partial charge in [0.1, 0.15) is 30.6 Å². The van der Waals surface area contributed by atoms with Crippen LogP contribution < -0.4 is 17.0 Å². The molecule has 0 radical (unpaired) electrons. The fourth-order valence-corrected chi connectivity index (χ4v) is 1.88. The van der Waals surface area contributed by atoms with Gasteiger partial charge in [0.15, 0.2) is 0 Å². The average Bonchev–Trinajstić information content (AvgIpc) is 2.57. The van der Waals surface area contributed by atoms with Gasteiger partial charge in [-0.2, -0.15) is 0 Å². The number of ether oxygens (including phenoxy) is 1. The average molecular weight is 259 g/mol. The van der Waals surface area contributed by atoms with Gasteiger partial charge >= 0.3 is 5.69 Å². The molecule has 1 aromatic rings. The van der Waals surface area contributed by atoms with Crippen molar-refractivity contribution in [1.29, 1.82) is 0 Å². The van der Waals surface area contributed by atoms with Gasteiger partial charge in [-0.1, -0.05) is 0 Å². The van der Waals surface area contributed by atoms with E-state index in [-0.39, 0.29) is 5.56 Å². The first kappa shape index (κ1) is 12.9. The van der Waals surface area contributed by atoms with Gasteiger partial charge in [-0.25, -0.2) is 4.79 Å². The third-order valence-corrected chi connectivity index (χ3v) is 2.79. The summed E-state index contributed by atoms with van der Waals surface area (Å²) in [4.78, 5) is 26.5. The minimum Gasteiger partial charge on any atom is -0.387 e. The zero-order valence-electron chi connectivity index (χ0n) is 9.11. The predicted molar refractivity (Wildman–Crippen MR) is 57.5 cm³/mol. The Kier molecular flexibility index (Phi) is 3.32. The normalized spacial score (nSPS) is 33.6. The second-order valence-electron chi connectivity index (χ2n) is 4.02. The zero-order chi connectivity index (χ0) is 13.4. The summed E-state index contributed by atoms with van der Waals surface area (Å²) in [6.07, 6.45) is -5.67. The molecule has 0 amide bonds. The molecule has 5 atom stereocenters. The lowest BCUT2D eigenvalue weighted by molar-refractivity contribution is -0.0637. The number of aromatic nitrogens is 2. The number of nitrogens with two attached hydrogens (primary N) is 1. The van der Waals surface area contributed by atoms with E-state index in [9.17, 15) is 19.8 Å². The highest BCUT2D eigenvalue weighted by atomic mass is 16.6. The van der Waals surface area contributed by atoms with Crippen molar-refractivity contribution in [2.75, 3.05) is 0 Å². The van der Waals surface area contributed by atoms with Crippen LogP contribution in [0, 0.1) is 0 Å².